The highest BCUT2D eigenvalue weighted by molar-refractivity contribution is 5.32. The molecular formula is C17H24N2O. The summed E-state index contributed by atoms with van der Waals surface area (Å²) < 4.78 is 0. The number of benzene rings is 1. The largest absolute Gasteiger partial charge is 0.387 e. The van der Waals surface area contributed by atoms with E-state index in [1.807, 2.05) is 12.1 Å². The van der Waals surface area contributed by atoms with Crippen molar-refractivity contribution in [3.8, 4) is 6.07 Å². The molecule has 1 aliphatic heterocycles. The first-order chi connectivity index (χ1) is 9.58. The Labute approximate surface area is 121 Å². The smallest absolute Gasteiger partial charge is 0.0991 e. The Bertz CT molecular complexity index is 463. The van der Waals surface area contributed by atoms with Crippen LogP contribution in [0.25, 0.3) is 0 Å². The van der Waals surface area contributed by atoms with E-state index in [0.29, 0.717) is 18.0 Å². The summed E-state index contributed by atoms with van der Waals surface area (Å²) in [4.78, 5) is 2.37. The number of hydrogen-bond donors (Lipinski definition) is 1. The van der Waals surface area contributed by atoms with Gasteiger partial charge in [-0.3, -0.25) is 0 Å². The first-order valence-electron chi connectivity index (χ1n) is 7.49. The van der Waals surface area contributed by atoms with E-state index in [-0.39, 0.29) is 0 Å². The van der Waals surface area contributed by atoms with Crippen LogP contribution < -0.4 is 0 Å². The second-order valence-corrected chi connectivity index (χ2v) is 6.24. The number of hydrogen-bond acceptors (Lipinski definition) is 3. The van der Waals surface area contributed by atoms with Gasteiger partial charge in [0.25, 0.3) is 0 Å². The monoisotopic (exact) mass is 272 g/mol. The Morgan fingerprint density at radius 3 is 2.65 bits per heavy atom. The number of nitrogens with zero attached hydrogens (tertiary/aromatic N) is 2. The molecule has 1 heterocycles. The van der Waals surface area contributed by atoms with Gasteiger partial charge in [0, 0.05) is 13.1 Å². The minimum absolute atomic E-state index is 0.469. The molecule has 1 aromatic carbocycles. The maximum atomic E-state index is 10.4. The molecule has 3 atom stereocenters. The third kappa shape index (κ3) is 4.06. The van der Waals surface area contributed by atoms with Crippen molar-refractivity contribution in [1.82, 2.24) is 4.90 Å². The van der Waals surface area contributed by atoms with E-state index in [1.54, 1.807) is 12.1 Å². The first kappa shape index (κ1) is 15.0. The van der Waals surface area contributed by atoms with Gasteiger partial charge in [0.2, 0.25) is 0 Å². The average Bonchev–Trinajstić information content (AvgIpc) is 2.59. The van der Waals surface area contributed by atoms with E-state index in [0.717, 1.165) is 24.6 Å². The predicted molar refractivity (Wildman–Crippen MR) is 80.1 cm³/mol. The molecule has 0 saturated carbocycles. The number of aliphatic hydroxyl groups is 1. The molecule has 0 spiro atoms. The summed E-state index contributed by atoms with van der Waals surface area (Å²) in [6, 6.07) is 9.35. The number of rotatable bonds is 3. The summed E-state index contributed by atoms with van der Waals surface area (Å²) in [6.07, 6.45) is 2.02. The van der Waals surface area contributed by atoms with Crippen LogP contribution in [-0.2, 0) is 0 Å². The standard InChI is InChI=1S/C17H24N2O/c1-13-7-8-19(11-14(2)9-13)12-17(20)16-5-3-15(10-18)4-6-16/h3-6,13-14,17,20H,7-9,11-12H2,1-2H3. The van der Waals surface area contributed by atoms with E-state index in [4.69, 9.17) is 5.26 Å². The van der Waals surface area contributed by atoms with Gasteiger partial charge in [-0.2, -0.15) is 5.26 Å². The Balaban J connectivity index is 1.96. The highest BCUT2D eigenvalue weighted by Gasteiger charge is 2.21. The van der Waals surface area contributed by atoms with Crippen LogP contribution in [0.2, 0.25) is 0 Å². The minimum atomic E-state index is -0.469. The van der Waals surface area contributed by atoms with Gasteiger partial charge < -0.3 is 10.0 Å². The van der Waals surface area contributed by atoms with Crippen LogP contribution in [-0.4, -0.2) is 29.6 Å². The molecule has 0 amide bonds. The molecule has 0 bridgehead atoms. The third-order valence-corrected chi connectivity index (χ3v) is 4.17. The molecule has 1 fully saturated rings. The van der Waals surface area contributed by atoms with Gasteiger partial charge >= 0.3 is 0 Å². The topological polar surface area (TPSA) is 47.3 Å². The molecule has 3 nitrogen and oxygen atoms in total. The molecule has 1 aliphatic rings. The lowest BCUT2D eigenvalue weighted by molar-refractivity contribution is 0.109. The number of likely N-dealkylation sites (tertiary alicyclic amines) is 1. The molecule has 2 rings (SSSR count). The van der Waals surface area contributed by atoms with E-state index >= 15 is 0 Å². The van der Waals surface area contributed by atoms with Gasteiger partial charge in [-0.1, -0.05) is 26.0 Å². The van der Waals surface area contributed by atoms with E-state index in [2.05, 4.69) is 24.8 Å². The van der Waals surface area contributed by atoms with Gasteiger partial charge in [0.15, 0.2) is 0 Å². The molecule has 3 unspecified atom stereocenters. The van der Waals surface area contributed by atoms with Crippen molar-refractivity contribution in [2.45, 2.75) is 32.8 Å². The Kier molecular flexibility index (Phi) is 5.17. The van der Waals surface area contributed by atoms with Crippen LogP contribution in [0.1, 0.15) is 43.9 Å². The maximum Gasteiger partial charge on any atom is 0.0991 e. The second-order valence-electron chi connectivity index (χ2n) is 6.24. The maximum absolute atomic E-state index is 10.4. The Morgan fingerprint density at radius 1 is 1.30 bits per heavy atom. The van der Waals surface area contributed by atoms with E-state index in [9.17, 15) is 5.11 Å². The van der Waals surface area contributed by atoms with Gasteiger partial charge in [0.1, 0.15) is 0 Å². The summed E-state index contributed by atoms with van der Waals surface area (Å²) in [5, 5.41) is 19.1. The Hall–Kier alpha value is -1.37. The summed E-state index contributed by atoms with van der Waals surface area (Å²) >= 11 is 0. The molecule has 1 N–H and O–H groups in total. The molecule has 20 heavy (non-hydrogen) atoms. The molecule has 1 aromatic rings. The summed E-state index contributed by atoms with van der Waals surface area (Å²) in [7, 11) is 0. The summed E-state index contributed by atoms with van der Waals surface area (Å²) in [6.45, 7) is 7.43. The zero-order valence-corrected chi connectivity index (χ0v) is 12.4. The highest BCUT2D eigenvalue weighted by Crippen LogP contribution is 2.23. The van der Waals surface area contributed by atoms with Crippen molar-refractivity contribution >= 4 is 0 Å². The van der Waals surface area contributed by atoms with Crippen molar-refractivity contribution in [1.29, 1.82) is 5.26 Å². The van der Waals surface area contributed by atoms with Crippen molar-refractivity contribution in [3.05, 3.63) is 35.4 Å². The fraction of sp³-hybridized carbons (Fsp3) is 0.588. The lowest BCUT2D eigenvalue weighted by Crippen LogP contribution is -2.31. The summed E-state index contributed by atoms with van der Waals surface area (Å²) in [5.74, 6) is 1.47. The predicted octanol–water partition coefficient (Wildman–Crippen LogP) is 2.96. The van der Waals surface area contributed by atoms with Gasteiger partial charge in [-0.15, -0.1) is 0 Å². The summed E-state index contributed by atoms with van der Waals surface area (Å²) in [5.41, 5.74) is 1.53. The highest BCUT2D eigenvalue weighted by atomic mass is 16.3. The zero-order chi connectivity index (χ0) is 14.5. The fourth-order valence-electron chi connectivity index (χ4n) is 3.11. The minimum Gasteiger partial charge on any atom is -0.387 e. The van der Waals surface area contributed by atoms with Crippen LogP contribution in [0, 0.1) is 23.2 Å². The van der Waals surface area contributed by atoms with Crippen molar-refractivity contribution < 1.29 is 5.11 Å². The van der Waals surface area contributed by atoms with Crippen LogP contribution >= 0.6 is 0 Å². The van der Waals surface area contributed by atoms with Gasteiger partial charge in [-0.25, -0.2) is 0 Å². The Morgan fingerprint density at radius 2 is 2.00 bits per heavy atom. The lowest BCUT2D eigenvalue weighted by atomic mass is 9.97. The van der Waals surface area contributed by atoms with Crippen LogP contribution in [0.5, 0.6) is 0 Å². The zero-order valence-electron chi connectivity index (χ0n) is 12.4. The van der Waals surface area contributed by atoms with Crippen LogP contribution in [0.3, 0.4) is 0 Å². The number of nitriles is 1. The van der Waals surface area contributed by atoms with E-state index < -0.39 is 6.10 Å². The molecule has 0 aromatic heterocycles. The van der Waals surface area contributed by atoms with Crippen molar-refractivity contribution in [3.63, 3.8) is 0 Å². The number of aliphatic hydroxyl groups excluding tert-OH is 1. The van der Waals surface area contributed by atoms with Crippen LogP contribution in [0.15, 0.2) is 24.3 Å². The van der Waals surface area contributed by atoms with Crippen molar-refractivity contribution in [2.24, 2.45) is 11.8 Å². The van der Waals surface area contributed by atoms with Crippen LogP contribution in [0.4, 0.5) is 0 Å². The average molecular weight is 272 g/mol. The van der Waals surface area contributed by atoms with E-state index in [1.165, 1.54) is 12.8 Å². The van der Waals surface area contributed by atoms with Gasteiger partial charge in [-0.05, 0) is 48.9 Å². The number of β-amino-alcohol motifs (C(OH)–C–C–N with tert-alkyl or cyclic N) is 1. The molecule has 0 radical (unpaired) electrons. The molecule has 0 aliphatic carbocycles. The molecule has 3 heteroatoms. The van der Waals surface area contributed by atoms with Gasteiger partial charge in [0.05, 0.1) is 17.7 Å². The normalized spacial score (nSPS) is 25.7. The third-order valence-electron chi connectivity index (χ3n) is 4.17. The van der Waals surface area contributed by atoms with Crippen molar-refractivity contribution in [2.75, 3.05) is 19.6 Å². The SMILES string of the molecule is CC1CCN(CC(O)c2ccc(C#N)cc2)CC(C)C1. The molecule has 108 valence electrons. The lowest BCUT2D eigenvalue weighted by Gasteiger charge is -2.25. The molecule has 1 saturated heterocycles. The second kappa shape index (κ2) is 6.88. The quantitative estimate of drug-likeness (QED) is 0.920. The fourth-order valence-corrected chi connectivity index (χ4v) is 3.11. The molecular weight excluding hydrogens is 248 g/mol. The first-order valence-corrected chi connectivity index (χ1v) is 7.49.